The number of pyridine rings is 1. The second kappa shape index (κ2) is 5.61. The van der Waals surface area contributed by atoms with Crippen molar-refractivity contribution in [2.24, 2.45) is 5.84 Å². The molecule has 20 heavy (non-hydrogen) atoms. The first-order chi connectivity index (χ1) is 9.70. The van der Waals surface area contributed by atoms with Gasteiger partial charge in [-0.2, -0.15) is 0 Å². The van der Waals surface area contributed by atoms with E-state index in [1.165, 1.54) is 15.8 Å². The fourth-order valence-corrected chi connectivity index (χ4v) is 3.97. The van der Waals surface area contributed by atoms with Gasteiger partial charge in [0.25, 0.3) is 0 Å². The maximum Gasteiger partial charge on any atom is 0.0823 e. The number of nitrogens with zero attached hydrogens (tertiary/aromatic N) is 1. The quantitative estimate of drug-likeness (QED) is 0.557. The Kier molecular flexibility index (Phi) is 3.85. The smallest absolute Gasteiger partial charge is 0.0823 e. The lowest BCUT2D eigenvalue weighted by molar-refractivity contribution is 0.648. The van der Waals surface area contributed by atoms with Gasteiger partial charge in [-0.3, -0.25) is 10.8 Å². The number of aryl methyl sites for hydroxylation is 1. The second-order valence-corrected chi connectivity index (χ2v) is 7.06. The zero-order chi connectivity index (χ0) is 14.1. The van der Waals surface area contributed by atoms with Crippen molar-refractivity contribution in [3.63, 3.8) is 0 Å². The van der Waals surface area contributed by atoms with Gasteiger partial charge >= 0.3 is 0 Å². The highest BCUT2D eigenvalue weighted by Crippen LogP contribution is 2.35. The van der Waals surface area contributed by atoms with Gasteiger partial charge in [0, 0.05) is 28.2 Å². The summed E-state index contributed by atoms with van der Waals surface area (Å²) in [6.45, 7) is 2.08. The molecule has 0 aliphatic heterocycles. The Morgan fingerprint density at radius 2 is 2.10 bits per heavy atom. The minimum atomic E-state index is -0.0522. The van der Waals surface area contributed by atoms with E-state index in [0.29, 0.717) is 0 Å². The first-order valence-electron chi connectivity index (χ1n) is 6.25. The van der Waals surface area contributed by atoms with Gasteiger partial charge in [0.2, 0.25) is 0 Å². The van der Waals surface area contributed by atoms with Crippen LogP contribution in [0.4, 0.5) is 0 Å². The van der Waals surface area contributed by atoms with Gasteiger partial charge in [0.05, 0.1) is 9.83 Å². The summed E-state index contributed by atoms with van der Waals surface area (Å²) in [5, 5.41) is 2.30. The third-order valence-electron chi connectivity index (χ3n) is 3.34. The van der Waals surface area contributed by atoms with Gasteiger partial charge in [-0.25, -0.2) is 5.43 Å². The molecule has 3 rings (SSSR count). The van der Waals surface area contributed by atoms with Crippen molar-refractivity contribution in [2.75, 3.05) is 0 Å². The number of hydrazine groups is 1. The zero-order valence-corrected chi connectivity index (χ0v) is 13.3. The molecule has 0 fully saturated rings. The normalized spacial score (nSPS) is 12.8. The van der Waals surface area contributed by atoms with Crippen LogP contribution in [-0.4, -0.2) is 4.98 Å². The zero-order valence-electron chi connectivity index (χ0n) is 10.9. The molecule has 0 amide bonds. The Labute approximate surface area is 129 Å². The van der Waals surface area contributed by atoms with Crippen LogP contribution >= 0.6 is 27.3 Å². The number of aromatic nitrogens is 1. The van der Waals surface area contributed by atoms with Crippen LogP contribution in [0.5, 0.6) is 0 Å². The molecule has 1 aromatic carbocycles. The van der Waals surface area contributed by atoms with Crippen molar-refractivity contribution < 1.29 is 0 Å². The summed E-state index contributed by atoms with van der Waals surface area (Å²) in [7, 11) is 0. The molecule has 0 aliphatic carbocycles. The molecular formula is C15H14BrN3S. The summed E-state index contributed by atoms with van der Waals surface area (Å²) in [6.07, 6.45) is 3.76. The van der Waals surface area contributed by atoms with Crippen molar-refractivity contribution in [2.45, 2.75) is 13.0 Å². The van der Waals surface area contributed by atoms with E-state index in [2.05, 4.69) is 51.5 Å². The van der Waals surface area contributed by atoms with E-state index in [0.717, 1.165) is 14.7 Å². The summed E-state index contributed by atoms with van der Waals surface area (Å²) in [4.78, 5) is 5.51. The number of rotatable bonds is 3. The van der Waals surface area contributed by atoms with Crippen LogP contribution in [0.2, 0.25) is 0 Å². The lowest BCUT2D eigenvalue weighted by atomic mass is 10.0. The number of hydrogen-bond acceptors (Lipinski definition) is 4. The average molecular weight is 348 g/mol. The summed E-state index contributed by atoms with van der Waals surface area (Å²) in [6, 6.07) is 10.3. The molecule has 2 aromatic heterocycles. The van der Waals surface area contributed by atoms with Gasteiger partial charge < -0.3 is 0 Å². The minimum absolute atomic E-state index is 0.0522. The first-order valence-corrected chi connectivity index (χ1v) is 7.86. The number of nitrogens with two attached hydrogens (primary N) is 1. The summed E-state index contributed by atoms with van der Waals surface area (Å²) < 4.78 is 1.14. The van der Waals surface area contributed by atoms with E-state index in [4.69, 9.17) is 5.84 Å². The van der Waals surface area contributed by atoms with Crippen LogP contribution in [0.1, 0.15) is 22.0 Å². The van der Waals surface area contributed by atoms with Gasteiger partial charge in [-0.05, 0) is 39.9 Å². The number of halogens is 1. The van der Waals surface area contributed by atoms with Crippen molar-refractivity contribution in [1.29, 1.82) is 0 Å². The predicted octanol–water partition coefficient (Wildman–Crippen LogP) is 3.92. The molecule has 3 nitrogen and oxygen atoms in total. The third kappa shape index (κ3) is 2.38. The molecule has 1 atom stereocenters. The Hall–Kier alpha value is -1.27. The Balaban J connectivity index is 2.16. The van der Waals surface area contributed by atoms with E-state index in [1.54, 1.807) is 11.3 Å². The Morgan fingerprint density at radius 1 is 1.30 bits per heavy atom. The van der Waals surface area contributed by atoms with Crippen LogP contribution in [0.15, 0.2) is 46.5 Å². The SMILES string of the molecule is Cc1cc(C(NN)c2cncc3ccccc23)sc1Br. The highest BCUT2D eigenvalue weighted by molar-refractivity contribution is 9.11. The van der Waals surface area contributed by atoms with E-state index in [1.807, 2.05) is 24.5 Å². The van der Waals surface area contributed by atoms with Gasteiger partial charge in [-0.15, -0.1) is 11.3 Å². The predicted molar refractivity (Wildman–Crippen MR) is 87.7 cm³/mol. The Morgan fingerprint density at radius 3 is 2.80 bits per heavy atom. The molecule has 0 bridgehead atoms. The number of benzene rings is 1. The van der Waals surface area contributed by atoms with Crippen molar-refractivity contribution >= 4 is 38.0 Å². The minimum Gasteiger partial charge on any atom is -0.271 e. The Bertz CT molecular complexity index is 729. The van der Waals surface area contributed by atoms with E-state index >= 15 is 0 Å². The van der Waals surface area contributed by atoms with Crippen molar-refractivity contribution in [1.82, 2.24) is 10.4 Å². The molecular weight excluding hydrogens is 334 g/mol. The van der Waals surface area contributed by atoms with Crippen LogP contribution in [0.25, 0.3) is 10.8 Å². The van der Waals surface area contributed by atoms with Gasteiger partial charge in [0.15, 0.2) is 0 Å². The number of hydrogen-bond donors (Lipinski definition) is 2. The molecule has 5 heteroatoms. The van der Waals surface area contributed by atoms with Crippen LogP contribution in [-0.2, 0) is 0 Å². The number of thiophene rings is 1. The topological polar surface area (TPSA) is 50.9 Å². The molecule has 1 unspecified atom stereocenters. The maximum atomic E-state index is 5.80. The fraction of sp³-hybridized carbons (Fsp3) is 0.133. The average Bonchev–Trinajstić information content (AvgIpc) is 2.79. The molecule has 0 aliphatic rings. The fourth-order valence-electron chi connectivity index (χ4n) is 2.32. The third-order valence-corrected chi connectivity index (χ3v) is 5.54. The number of fused-ring (bicyclic) bond motifs is 1. The maximum absolute atomic E-state index is 5.80. The van der Waals surface area contributed by atoms with E-state index < -0.39 is 0 Å². The number of nitrogens with one attached hydrogen (secondary N) is 1. The first kappa shape index (κ1) is 13.7. The van der Waals surface area contributed by atoms with Crippen LogP contribution in [0, 0.1) is 6.92 Å². The van der Waals surface area contributed by atoms with Gasteiger partial charge in [-0.1, -0.05) is 24.3 Å². The largest absolute Gasteiger partial charge is 0.271 e. The summed E-state index contributed by atoms with van der Waals surface area (Å²) in [5.41, 5.74) is 5.23. The lowest BCUT2D eigenvalue weighted by Crippen LogP contribution is -2.28. The molecule has 0 radical (unpaired) electrons. The molecule has 0 saturated heterocycles. The molecule has 0 spiro atoms. The molecule has 0 saturated carbocycles. The second-order valence-electron chi connectivity index (χ2n) is 4.66. The molecule has 3 aromatic rings. The lowest BCUT2D eigenvalue weighted by Gasteiger charge is -2.16. The van der Waals surface area contributed by atoms with Crippen molar-refractivity contribution in [3.8, 4) is 0 Å². The van der Waals surface area contributed by atoms with Crippen molar-refractivity contribution in [3.05, 3.63) is 62.5 Å². The molecule has 102 valence electrons. The standard InChI is InChI=1S/C15H14BrN3S/c1-9-6-13(20-15(9)16)14(19-17)12-8-18-7-10-4-2-3-5-11(10)12/h2-8,14,19H,17H2,1H3. The van der Waals surface area contributed by atoms with Crippen LogP contribution in [0.3, 0.4) is 0 Å². The summed E-state index contributed by atoms with van der Waals surface area (Å²) >= 11 is 5.27. The van der Waals surface area contributed by atoms with E-state index in [-0.39, 0.29) is 6.04 Å². The molecule has 2 heterocycles. The van der Waals surface area contributed by atoms with Gasteiger partial charge in [0.1, 0.15) is 0 Å². The highest BCUT2D eigenvalue weighted by atomic mass is 79.9. The summed E-state index contributed by atoms with van der Waals surface area (Å²) in [5.74, 6) is 5.80. The van der Waals surface area contributed by atoms with Crippen LogP contribution < -0.4 is 11.3 Å². The van der Waals surface area contributed by atoms with E-state index in [9.17, 15) is 0 Å². The highest BCUT2D eigenvalue weighted by Gasteiger charge is 2.18. The monoisotopic (exact) mass is 347 g/mol. The molecule has 3 N–H and O–H groups in total.